The van der Waals surface area contributed by atoms with Gasteiger partial charge in [0.2, 0.25) is 0 Å². The van der Waals surface area contributed by atoms with Crippen molar-refractivity contribution in [3.05, 3.63) is 23.7 Å². The molecule has 0 radical (unpaired) electrons. The summed E-state index contributed by atoms with van der Waals surface area (Å²) in [5, 5.41) is 11.6. The molecule has 0 bridgehead atoms. The van der Waals surface area contributed by atoms with Crippen LogP contribution >= 0.6 is 0 Å². The molecule has 20 heavy (non-hydrogen) atoms. The minimum Gasteiger partial charge on any atom is -0.481 e. The molecule has 2 N–H and O–H groups in total. The molecule has 1 atom stereocenters. The molecule has 0 aliphatic heterocycles. The van der Waals surface area contributed by atoms with E-state index in [1.54, 1.807) is 13.0 Å². The van der Waals surface area contributed by atoms with Crippen molar-refractivity contribution in [1.29, 1.82) is 0 Å². The van der Waals surface area contributed by atoms with E-state index in [4.69, 9.17) is 9.52 Å². The van der Waals surface area contributed by atoms with E-state index in [1.165, 1.54) is 6.26 Å². The fraction of sp³-hybridized carbons (Fsp3) is 0.600. The first kappa shape index (κ1) is 16.3. The summed E-state index contributed by atoms with van der Waals surface area (Å²) in [6.45, 7) is 4.40. The average molecular weight is 281 g/mol. The second-order valence-corrected chi connectivity index (χ2v) is 5.02. The molecule has 5 heteroatoms. The van der Waals surface area contributed by atoms with Gasteiger partial charge >= 0.3 is 5.97 Å². The molecular formula is C15H23NO4. The number of amides is 1. The topological polar surface area (TPSA) is 79.5 Å². The van der Waals surface area contributed by atoms with E-state index in [2.05, 4.69) is 12.2 Å². The van der Waals surface area contributed by atoms with Gasteiger partial charge in [-0.3, -0.25) is 9.59 Å². The first-order valence-electron chi connectivity index (χ1n) is 7.08. The first-order chi connectivity index (χ1) is 9.54. The summed E-state index contributed by atoms with van der Waals surface area (Å²) in [6, 6.07) is 1.65. The zero-order valence-electron chi connectivity index (χ0n) is 12.1. The van der Waals surface area contributed by atoms with Crippen LogP contribution in [0.4, 0.5) is 0 Å². The molecule has 112 valence electrons. The lowest BCUT2D eigenvalue weighted by Gasteiger charge is -2.15. The zero-order valence-corrected chi connectivity index (χ0v) is 12.1. The van der Waals surface area contributed by atoms with Crippen molar-refractivity contribution in [2.75, 3.05) is 6.54 Å². The smallest absolute Gasteiger partial charge is 0.303 e. The number of carbonyl (C=O) groups is 2. The molecule has 1 unspecified atom stereocenters. The molecule has 0 aliphatic rings. The van der Waals surface area contributed by atoms with Gasteiger partial charge in [0.05, 0.1) is 11.8 Å². The second-order valence-electron chi connectivity index (χ2n) is 5.02. The van der Waals surface area contributed by atoms with E-state index in [9.17, 15) is 9.59 Å². The normalized spacial score (nSPS) is 12.1. The molecule has 1 aromatic heterocycles. The van der Waals surface area contributed by atoms with E-state index in [-0.39, 0.29) is 12.3 Å². The van der Waals surface area contributed by atoms with Gasteiger partial charge < -0.3 is 14.8 Å². The van der Waals surface area contributed by atoms with Crippen LogP contribution in [0.3, 0.4) is 0 Å². The molecule has 0 aromatic carbocycles. The van der Waals surface area contributed by atoms with Crippen LogP contribution in [0.2, 0.25) is 0 Å². The quantitative estimate of drug-likeness (QED) is 0.729. The first-order valence-corrected chi connectivity index (χ1v) is 7.08. The summed E-state index contributed by atoms with van der Waals surface area (Å²) >= 11 is 0. The second kappa shape index (κ2) is 8.40. The van der Waals surface area contributed by atoms with Crippen LogP contribution in [0.15, 0.2) is 16.7 Å². The van der Waals surface area contributed by atoms with Crippen LogP contribution in [0.1, 0.15) is 55.1 Å². The monoisotopic (exact) mass is 281 g/mol. The number of carboxylic acid groups (broad SMARTS) is 1. The number of aryl methyl sites for hydroxylation is 1. The van der Waals surface area contributed by atoms with Gasteiger partial charge in [-0.05, 0) is 31.7 Å². The Morgan fingerprint density at radius 3 is 2.65 bits per heavy atom. The van der Waals surface area contributed by atoms with Crippen LogP contribution < -0.4 is 5.32 Å². The van der Waals surface area contributed by atoms with Crippen molar-refractivity contribution in [2.24, 2.45) is 5.92 Å². The highest BCUT2D eigenvalue weighted by atomic mass is 16.4. The van der Waals surface area contributed by atoms with Crippen molar-refractivity contribution in [2.45, 2.75) is 46.0 Å². The Morgan fingerprint density at radius 1 is 1.35 bits per heavy atom. The van der Waals surface area contributed by atoms with Crippen LogP contribution in [-0.4, -0.2) is 23.5 Å². The lowest BCUT2D eigenvalue weighted by Crippen LogP contribution is -2.26. The maximum Gasteiger partial charge on any atom is 0.303 e. The number of nitrogens with one attached hydrogen (secondary N) is 1. The van der Waals surface area contributed by atoms with Crippen LogP contribution in [-0.2, 0) is 4.79 Å². The molecule has 0 spiro atoms. The summed E-state index contributed by atoms with van der Waals surface area (Å²) in [7, 11) is 0. The van der Waals surface area contributed by atoms with Crippen molar-refractivity contribution < 1.29 is 19.1 Å². The van der Waals surface area contributed by atoms with Crippen molar-refractivity contribution in [1.82, 2.24) is 5.32 Å². The molecule has 0 aliphatic carbocycles. The molecule has 1 amide bonds. The third-order valence-electron chi connectivity index (χ3n) is 3.40. The van der Waals surface area contributed by atoms with Crippen LogP contribution in [0.25, 0.3) is 0 Å². The number of furan rings is 1. The van der Waals surface area contributed by atoms with Gasteiger partial charge in [0.25, 0.3) is 5.91 Å². The van der Waals surface area contributed by atoms with E-state index in [0.29, 0.717) is 30.2 Å². The van der Waals surface area contributed by atoms with E-state index in [1.807, 2.05) is 0 Å². The third-order valence-corrected chi connectivity index (χ3v) is 3.40. The molecule has 0 saturated carbocycles. The average Bonchev–Trinajstić information content (AvgIpc) is 2.82. The molecular weight excluding hydrogens is 258 g/mol. The molecule has 0 fully saturated rings. The predicted molar refractivity (Wildman–Crippen MR) is 75.7 cm³/mol. The molecule has 5 nitrogen and oxygen atoms in total. The number of aliphatic carboxylic acids is 1. The van der Waals surface area contributed by atoms with Gasteiger partial charge in [-0.25, -0.2) is 0 Å². The van der Waals surface area contributed by atoms with Crippen molar-refractivity contribution >= 4 is 11.9 Å². The fourth-order valence-corrected chi connectivity index (χ4v) is 2.27. The van der Waals surface area contributed by atoms with E-state index >= 15 is 0 Å². The Labute approximate surface area is 119 Å². The lowest BCUT2D eigenvalue weighted by molar-refractivity contribution is -0.137. The Balaban J connectivity index is 2.34. The van der Waals surface area contributed by atoms with Gasteiger partial charge in [-0.15, -0.1) is 0 Å². The Hall–Kier alpha value is -1.78. The predicted octanol–water partition coefficient (Wildman–Crippen LogP) is 2.99. The van der Waals surface area contributed by atoms with Gasteiger partial charge in [0.15, 0.2) is 0 Å². The number of carbonyl (C=O) groups excluding carboxylic acids is 1. The van der Waals surface area contributed by atoms with Gasteiger partial charge in [-0.1, -0.05) is 19.8 Å². The molecule has 1 aromatic rings. The lowest BCUT2D eigenvalue weighted by atomic mass is 9.94. The Bertz CT molecular complexity index is 439. The Morgan fingerprint density at radius 2 is 2.10 bits per heavy atom. The van der Waals surface area contributed by atoms with E-state index in [0.717, 1.165) is 19.3 Å². The highest BCUT2D eigenvalue weighted by Crippen LogP contribution is 2.17. The summed E-state index contributed by atoms with van der Waals surface area (Å²) in [5.41, 5.74) is 0.558. The number of hydrogen-bond donors (Lipinski definition) is 2. The maximum atomic E-state index is 11.9. The standard InChI is InChI=1S/C15H23NO4/c1-3-4-12(5-6-14(17)18)7-9-16-15(19)13-8-10-20-11(13)2/h8,10,12H,3-7,9H2,1-2H3,(H,16,19)(H,17,18). The SMILES string of the molecule is CCCC(CCNC(=O)c1ccoc1C)CCC(=O)O. The minimum atomic E-state index is -0.760. The van der Waals surface area contributed by atoms with Gasteiger partial charge in [-0.2, -0.15) is 0 Å². The fourth-order valence-electron chi connectivity index (χ4n) is 2.27. The van der Waals surface area contributed by atoms with Crippen molar-refractivity contribution in [3.63, 3.8) is 0 Å². The minimum absolute atomic E-state index is 0.135. The zero-order chi connectivity index (χ0) is 15.0. The Kier molecular flexibility index (Phi) is 6.84. The van der Waals surface area contributed by atoms with E-state index < -0.39 is 5.97 Å². The van der Waals surface area contributed by atoms with Crippen LogP contribution in [0, 0.1) is 12.8 Å². The number of carboxylic acids is 1. The number of rotatable bonds is 9. The molecule has 0 saturated heterocycles. The molecule has 1 heterocycles. The van der Waals surface area contributed by atoms with Crippen LogP contribution in [0.5, 0.6) is 0 Å². The summed E-state index contributed by atoms with van der Waals surface area (Å²) in [6.07, 6.45) is 5.19. The summed E-state index contributed by atoms with van der Waals surface area (Å²) < 4.78 is 5.09. The number of hydrogen-bond acceptors (Lipinski definition) is 3. The summed E-state index contributed by atoms with van der Waals surface area (Å²) in [4.78, 5) is 22.5. The highest BCUT2D eigenvalue weighted by Gasteiger charge is 2.13. The van der Waals surface area contributed by atoms with Crippen molar-refractivity contribution in [3.8, 4) is 0 Å². The maximum absolute atomic E-state index is 11.9. The third kappa shape index (κ3) is 5.47. The highest BCUT2D eigenvalue weighted by molar-refractivity contribution is 5.94. The van der Waals surface area contributed by atoms with Gasteiger partial charge in [0.1, 0.15) is 5.76 Å². The largest absolute Gasteiger partial charge is 0.481 e. The summed E-state index contributed by atoms with van der Waals surface area (Å²) in [5.74, 6) is 0.0641. The van der Waals surface area contributed by atoms with Gasteiger partial charge in [0, 0.05) is 13.0 Å². The molecule has 1 rings (SSSR count).